The van der Waals surface area contributed by atoms with E-state index in [1.165, 1.54) is 44.9 Å². The molecule has 2 nitrogen and oxygen atoms in total. The third kappa shape index (κ3) is 4.05. The third-order valence-electron chi connectivity index (χ3n) is 8.30. The minimum absolute atomic E-state index is 0.255. The first-order chi connectivity index (χ1) is 18.6. The van der Waals surface area contributed by atoms with Gasteiger partial charge in [-0.2, -0.15) is 0 Å². The Labute approximate surface area is 226 Å². The van der Waals surface area contributed by atoms with Crippen molar-refractivity contribution in [3.8, 4) is 5.75 Å². The van der Waals surface area contributed by atoms with Crippen LogP contribution in [0.15, 0.2) is 121 Å². The molecule has 3 unspecified atom stereocenters. The fourth-order valence-corrected chi connectivity index (χ4v) is 6.45. The summed E-state index contributed by atoms with van der Waals surface area (Å²) in [6.45, 7) is 4.62. The second kappa shape index (κ2) is 9.36. The van der Waals surface area contributed by atoms with Crippen molar-refractivity contribution < 1.29 is 4.74 Å². The van der Waals surface area contributed by atoms with Gasteiger partial charge < -0.3 is 9.64 Å². The lowest BCUT2D eigenvalue weighted by atomic mass is 9.86. The largest absolute Gasteiger partial charge is 0.461 e. The zero-order valence-corrected chi connectivity index (χ0v) is 22.1. The van der Waals surface area contributed by atoms with Gasteiger partial charge in [0.2, 0.25) is 0 Å². The van der Waals surface area contributed by atoms with Crippen LogP contribution in [0.25, 0.3) is 11.3 Å². The van der Waals surface area contributed by atoms with Crippen molar-refractivity contribution >= 4 is 17.0 Å². The highest BCUT2D eigenvalue weighted by Crippen LogP contribution is 2.48. The molecule has 38 heavy (non-hydrogen) atoms. The van der Waals surface area contributed by atoms with E-state index in [0.29, 0.717) is 11.8 Å². The molecule has 1 aliphatic heterocycles. The molecule has 0 radical (unpaired) electrons. The molecule has 3 aliphatic carbocycles. The van der Waals surface area contributed by atoms with E-state index in [-0.39, 0.29) is 5.92 Å². The van der Waals surface area contributed by atoms with Gasteiger partial charge in [0.1, 0.15) is 11.5 Å². The number of fused-ring (bicyclic) bond motifs is 4. The molecule has 3 aromatic carbocycles. The van der Waals surface area contributed by atoms with Crippen LogP contribution < -0.4 is 9.64 Å². The van der Waals surface area contributed by atoms with Gasteiger partial charge >= 0.3 is 0 Å². The zero-order chi connectivity index (χ0) is 25.6. The summed E-state index contributed by atoms with van der Waals surface area (Å²) < 4.78 is 6.23. The molecule has 1 heterocycles. The highest BCUT2D eigenvalue weighted by Gasteiger charge is 2.35. The Morgan fingerprint density at radius 2 is 1.58 bits per heavy atom. The summed E-state index contributed by atoms with van der Waals surface area (Å²) >= 11 is 0. The van der Waals surface area contributed by atoms with Crippen molar-refractivity contribution in [3.05, 3.63) is 143 Å². The van der Waals surface area contributed by atoms with Crippen molar-refractivity contribution in [3.63, 3.8) is 0 Å². The monoisotopic (exact) mass is 495 g/mol. The average molecular weight is 496 g/mol. The molecule has 0 N–H and O–H groups in total. The number of hydrogen-bond acceptors (Lipinski definition) is 2. The highest BCUT2D eigenvalue weighted by molar-refractivity contribution is 5.86. The van der Waals surface area contributed by atoms with Crippen LogP contribution in [0.3, 0.4) is 0 Å². The lowest BCUT2D eigenvalue weighted by Crippen LogP contribution is -2.26. The summed E-state index contributed by atoms with van der Waals surface area (Å²) in [6, 6.07) is 26.6. The van der Waals surface area contributed by atoms with E-state index in [4.69, 9.17) is 4.74 Å². The van der Waals surface area contributed by atoms with Gasteiger partial charge in [-0.25, -0.2) is 0 Å². The van der Waals surface area contributed by atoms with Gasteiger partial charge in [-0.15, -0.1) is 0 Å². The number of anilines is 1. The molecular weight excluding hydrogens is 462 g/mol. The molecule has 188 valence electrons. The summed E-state index contributed by atoms with van der Waals surface area (Å²) in [5, 5.41) is 0. The molecule has 0 saturated heterocycles. The molecule has 0 bridgehead atoms. The Morgan fingerprint density at radius 1 is 0.763 bits per heavy atom. The minimum atomic E-state index is 0.255. The van der Waals surface area contributed by atoms with Gasteiger partial charge in [-0.3, -0.25) is 0 Å². The standard InChI is InChI=1S/C36H33NO/c1-24-8-7-10-27(20-24)26-14-16-29(17-15-26)37(34-22-25(2)21-28-9-3-4-11-31(28)34)30-18-19-36-33(23-30)32-12-5-6-13-35(32)38-36/h3-19,22,24-25,33H,20-21,23H2,1-2H3. The first kappa shape index (κ1) is 23.1. The number of rotatable bonds is 4. The van der Waals surface area contributed by atoms with Crippen LogP contribution in [0.5, 0.6) is 5.75 Å². The molecule has 3 atom stereocenters. The maximum Gasteiger partial charge on any atom is 0.130 e. The van der Waals surface area contributed by atoms with Gasteiger partial charge in [0, 0.05) is 34.6 Å². The summed E-state index contributed by atoms with van der Waals surface area (Å²) in [6.07, 6.45) is 16.8. The van der Waals surface area contributed by atoms with Crippen LogP contribution in [0.2, 0.25) is 0 Å². The predicted molar refractivity (Wildman–Crippen MR) is 158 cm³/mol. The van der Waals surface area contributed by atoms with E-state index in [9.17, 15) is 0 Å². The minimum Gasteiger partial charge on any atom is -0.461 e. The lowest BCUT2D eigenvalue weighted by molar-refractivity contribution is 0.423. The maximum atomic E-state index is 6.23. The fourth-order valence-electron chi connectivity index (χ4n) is 6.45. The van der Waals surface area contributed by atoms with E-state index < -0.39 is 0 Å². The molecule has 0 amide bonds. The van der Waals surface area contributed by atoms with Gasteiger partial charge in [-0.05, 0) is 71.7 Å². The Balaban J connectivity index is 1.31. The molecule has 2 heteroatoms. The molecule has 4 aliphatic rings. The number of ether oxygens (including phenoxy) is 1. The van der Waals surface area contributed by atoms with Crippen molar-refractivity contribution in [1.29, 1.82) is 0 Å². The van der Waals surface area contributed by atoms with Gasteiger partial charge in [-0.1, -0.05) is 92.7 Å². The topological polar surface area (TPSA) is 12.5 Å². The normalized spacial score (nSPS) is 23.2. The second-order valence-electron chi connectivity index (χ2n) is 11.2. The fraction of sp³-hybridized carbons (Fsp3) is 0.222. The maximum absolute atomic E-state index is 6.23. The summed E-state index contributed by atoms with van der Waals surface area (Å²) in [5.74, 6) is 3.37. The van der Waals surface area contributed by atoms with Crippen molar-refractivity contribution in [2.24, 2.45) is 11.8 Å². The number of hydrogen-bond donors (Lipinski definition) is 0. The predicted octanol–water partition coefficient (Wildman–Crippen LogP) is 9.05. The van der Waals surface area contributed by atoms with E-state index in [2.05, 4.69) is 128 Å². The van der Waals surface area contributed by atoms with Gasteiger partial charge in [0.25, 0.3) is 0 Å². The first-order valence-corrected chi connectivity index (χ1v) is 13.9. The Morgan fingerprint density at radius 3 is 2.45 bits per heavy atom. The van der Waals surface area contributed by atoms with Crippen LogP contribution in [0.1, 0.15) is 54.9 Å². The highest BCUT2D eigenvalue weighted by atomic mass is 16.5. The van der Waals surface area contributed by atoms with Crippen LogP contribution in [-0.2, 0) is 6.42 Å². The number of para-hydroxylation sites is 1. The SMILES string of the molecule is CC1C=CC=C(c2ccc(N(C3=CC=C4Oc5ccccc5C4C3)C3=CC(C)Cc4ccccc43)cc2)C1. The Bertz CT molecular complexity index is 1550. The van der Waals surface area contributed by atoms with E-state index in [0.717, 1.165) is 30.8 Å². The molecule has 0 aromatic heterocycles. The number of nitrogens with zero attached hydrogens (tertiary/aromatic N) is 1. The van der Waals surface area contributed by atoms with Crippen LogP contribution in [-0.4, -0.2) is 0 Å². The molecule has 3 aromatic rings. The molecule has 7 rings (SSSR count). The van der Waals surface area contributed by atoms with Crippen molar-refractivity contribution in [2.75, 3.05) is 4.90 Å². The van der Waals surface area contributed by atoms with E-state index in [1.54, 1.807) is 0 Å². The molecule has 0 spiro atoms. The quantitative estimate of drug-likeness (QED) is 0.358. The Kier molecular flexibility index (Phi) is 5.69. The number of allylic oxidation sites excluding steroid dienone is 9. The van der Waals surface area contributed by atoms with Gasteiger partial charge in [0.05, 0.1) is 5.92 Å². The average Bonchev–Trinajstić information content (AvgIpc) is 3.32. The molecular formula is C36H33NO. The van der Waals surface area contributed by atoms with Crippen LogP contribution >= 0.6 is 0 Å². The molecule has 0 fully saturated rings. The Hall–Kier alpha value is -4.04. The smallest absolute Gasteiger partial charge is 0.130 e. The molecule has 0 saturated carbocycles. The second-order valence-corrected chi connectivity index (χ2v) is 11.2. The van der Waals surface area contributed by atoms with E-state index in [1.807, 2.05) is 0 Å². The number of benzene rings is 3. The first-order valence-electron chi connectivity index (χ1n) is 13.9. The van der Waals surface area contributed by atoms with Crippen molar-refractivity contribution in [2.45, 2.75) is 39.0 Å². The summed E-state index contributed by atoms with van der Waals surface area (Å²) in [4.78, 5) is 2.50. The third-order valence-corrected chi connectivity index (χ3v) is 8.30. The van der Waals surface area contributed by atoms with Crippen molar-refractivity contribution in [1.82, 2.24) is 0 Å². The summed E-state index contributed by atoms with van der Waals surface area (Å²) in [7, 11) is 0. The van der Waals surface area contributed by atoms with Crippen LogP contribution in [0, 0.1) is 11.8 Å². The van der Waals surface area contributed by atoms with Crippen LogP contribution in [0.4, 0.5) is 5.69 Å². The van der Waals surface area contributed by atoms with E-state index >= 15 is 0 Å². The summed E-state index contributed by atoms with van der Waals surface area (Å²) in [5.41, 5.74) is 10.6. The lowest BCUT2D eigenvalue weighted by Gasteiger charge is -2.36. The zero-order valence-electron chi connectivity index (χ0n) is 22.1. The van der Waals surface area contributed by atoms with Gasteiger partial charge in [0.15, 0.2) is 0 Å².